The van der Waals surface area contributed by atoms with Crippen molar-refractivity contribution in [2.45, 2.75) is 46.0 Å². The quantitative estimate of drug-likeness (QED) is 0.889. The molecule has 1 N–H and O–H groups in total. The summed E-state index contributed by atoms with van der Waals surface area (Å²) in [5.41, 5.74) is 2.39. The highest BCUT2D eigenvalue weighted by molar-refractivity contribution is 5.38. The first-order valence-electron chi connectivity index (χ1n) is 7.53. The number of nitrogens with zero attached hydrogens (tertiary/aromatic N) is 2. The van der Waals surface area contributed by atoms with Gasteiger partial charge in [0.15, 0.2) is 0 Å². The minimum atomic E-state index is 0.0537. The Balaban J connectivity index is 2.12. The highest BCUT2D eigenvalue weighted by Crippen LogP contribution is 2.23. The summed E-state index contributed by atoms with van der Waals surface area (Å²) in [5.74, 6) is 2.15. The van der Waals surface area contributed by atoms with Crippen LogP contribution in [0.1, 0.15) is 50.7 Å². The molecule has 0 fully saturated rings. The summed E-state index contributed by atoms with van der Waals surface area (Å²) in [6.45, 7) is 11.6. The number of hydrogen-bond acceptors (Lipinski definition) is 3. The Hall–Kier alpha value is -1.90. The van der Waals surface area contributed by atoms with Crippen LogP contribution in [0.2, 0.25) is 0 Å². The molecule has 0 spiro atoms. The normalized spacial score (nSPS) is 11.7. The number of aryl methyl sites for hydroxylation is 1. The molecule has 1 heterocycles. The van der Waals surface area contributed by atoms with Crippen LogP contribution in [0.25, 0.3) is 0 Å². The van der Waals surface area contributed by atoms with Gasteiger partial charge >= 0.3 is 0 Å². The molecule has 0 unspecified atom stereocenters. The molecule has 0 atom stereocenters. The largest absolute Gasteiger partial charge is 0.369 e. The molecule has 1 aromatic heterocycles. The zero-order valence-electron chi connectivity index (χ0n) is 13.6. The van der Waals surface area contributed by atoms with Crippen LogP contribution in [0.4, 0.5) is 5.82 Å². The summed E-state index contributed by atoms with van der Waals surface area (Å²) in [5, 5.41) is 3.47. The maximum Gasteiger partial charge on any atom is 0.133 e. The van der Waals surface area contributed by atoms with Crippen molar-refractivity contribution >= 4 is 5.82 Å². The van der Waals surface area contributed by atoms with E-state index in [1.165, 1.54) is 5.56 Å². The van der Waals surface area contributed by atoms with Crippen molar-refractivity contribution in [3.63, 3.8) is 0 Å². The fourth-order valence-corrected chi connectivity index (χ4v) is 2.24. The molecule has 112 valence electrons. The molecule has 0 aliphatic heterocycles. The summed E-state index contributed by atoms with van der Waals surface area (Å²) in [7, 11) is 0. The monoisotopic (exact) mass is 283 g/mol. The van der Waals surface area contributed by atoms with Crippen LogP contribution in [0.3, 0.4) is 0 Å². The van der Waals surface area contributed by atoms with Crippen LogP contribution in [0.15, 0.2) is 36.4 Å². The first-order valence-corrected chi connectivity index (χ1v) is 7.53. The maximum absolute atomic E-state index is 4.61. The van der Waals surface area contributed by atoms with Gasteiger partial charge in [-0.3, -0.25) is 0 Å². The molecule has 2 rings (SSSR count). The number of hydrogen-bond donors (Lipinski definition) is 1. The van der Waals surface area contributed by atoms with Gasteiger partial charge in [0.1, 0.15) is 11.6 Å². The van der Waals surface area contributed by atoms with Gasteiger partial charge in [-0.05, 0) is 12.5 Å². The fourth-order valence-electron chi connectivity index (χ4n) is 2.24. The minimum absolute atomic E-state index is 0.0537. The predicted molar refractivity (Wildman–Crippen MR) is 88.8 cm³/mol. The lowest BCUT2D eigenvalue weighted by Crippen LogP contribution is -2.28. The standard InChI is InChI=1S/C18H25N3/c1-13(2)17-20-14(3)11-16(21-17)19-12-18(4,5)15-9-7-6-8-10-15/h6-11,13H,12H2,1-5H3,(H,19,20,21). The van der Waals surface area contributed by atoms with Crippen molar-refractivity contribution < 1.29 is 0 Å². The first-order chi connectivity index (χ1) is 9.88. The third-order valence-electron chi connectivity index (χ3n) is 3.65. The smallest absolute Gasteiger partial charge is 0.133 e. The van der Waals surface area contributed by atoms with E-state index in [1.54, 1.807) is 0 Å². The topological polar surface area (TPSA) is 37.8 Å². The lowest BCUT2D eigenvalue weighted by atomic mass is 9.84. The van der Waals surface area contributed by atoms with Gasteiger partial charge in [-0.25, -0.2) is 9.97 Å². The summed E-state index contributed by atoms with van der Waals surface area (Å²) in [6, 6.07) is 12.6. The Morgan fingerprint density at radius 2 is 1.76 bits per heavy atom. The maximum atomic E-state index is 4.61. The van der Waals surface area contributed by atoms with Crippen molar-refractivity contribution in [2.75, 3.05) is 11.9 Å². The SMILES string of the molecule is Cc1cc(NCC(C)(C)c2ccccc2)nc(C(C)C)n1. The van der Waals surface area contributed by atoms with Gasteiger partial charge in [-0.1, -0.05) is 58.0 Å². The lowest BCUT2D eigenvalue weighted by molar-refractivity contribution is 0.555. The summed E-state index contributed by atoms with van der Waals surface area (Å²) in [4.78, 5) is 9.09. The molecule has 0 aliphatic rings. The van der Waals surface area contributed by atoms with Crippen LogP contribution >= 0.6 is 0 Å². The van der Waals surface area contributed by atoms with E-state index in [0.29, 0.717) is 5.92 Å². The molecule has 0 saturated heterocycles. The van der Waals surface area contributed by atoms with Gasteiger partial charge < -0.3 is 5.32 Å². The second kappa shape index (κ2) is 6.25. The molecule has 21 heavy (non-hydrogen) atoms. The van der Waals surface area contributed by atoms with Crippen LogP contribution in [-0.4, -0.2) is 16.5 Å². The Labute approximate surface area is 127 Å². The number of anilines is 1. The van der Waals surface area contributed by atoms with Gasteiger partial charge in [0, 0.05) is 29.6 Å². The van der Waals surface area contributed by atoms with E-state index >= 15 is 0 Å². The molecular formula is C18H25N3. The van der Waals surface area contributed by atoms with Crippen molar-refractivity contribution in [1.82, 2.24) is 9.97 Å². The number of nitrogens with one attached hydrogen (secondary N) is 1. The summed E-state index contributed by atoms with van der Waals surface area (Å²) >= 11 is 0. The molecule has 1 aromatic carbocycles. The molecular weight excluding hydrogens is 258 g/mol. The van der Waals surface area contributed by atoms with E-state index in [2.05, 4.69) is 73.3 Å². The molecule has 0 saturated carbocycles. The molecule has 2 aromatic rings. The molecule has 0 aliphatic carbocycles. The summed E-state index contributed by atoms with van der Waals surface area (Å²) in [6.07, 6.45) is 0. The van der Waals surface area contributed by atoms with Gasteiger partial charge in [-0.15, -0.1) is 0 Å². The number of rotatable bonds is 5. The van der Waals surface area contributed by atoms with Gasteiger partial charge in [-0.2, -0.15) is 0 Å². The van der Waals surface area contributed by atoms with Gasteiger partial charge in [0.2, 0.25) is 0 Å². The Kier molecular flexibility index (Phi) is 4.61. The average molecular weight is 283 g/mol. The van der Waals surface area contributed by atoms with E-state index in [0.717, 1.165) is 23.9 Å². The van der Waals surface area contributed by atoms with E-state index in [-0.39, 0.29) is 5.41 Å². The fraction of sp³-hybridized carbons (Fsp3) is 0.444. The highest BCUT2D eigenvalue weighted by Gasteiger charge is 2.20. The van der Waals surface area contributed by atoms with Crippen molar-refractivity contribution in [2.24, 2.45) is 0 Å². The van der Waals surface area contributed by atoms with Crippen LogP contribution < -0.4 is 5.32 Å². The molecule has 0 radical (unpaired) electrons. The minimum Gasteiger partial charge on any atom is -0.369 e. The molecule has 0 bridgehead atoms. The molecule has 3 nitrogen and oxygen atoms in total. The zero-order chi connectivity index (χ0) is 15.5. The zero-order valence-corrected chi connectivity index (χ0v) is 13.6. The van der Waals surface area contributed by atoms with Crippen LogP contribution in [0.5, 0.6) is 0 Å². The number of benzene rings is 1. The van der Waals surface area contributed by atoms with E-state index in [4.69, 9.17) is 0 Å². The first kappa shape index (κ1) is 15.5. The third-order valence-corrected chi connectivity index (χ3v) is 3.65. The van der Waals surface area contributed by atoms with E-state index < -0.39 is 0 Å². The average Bonchev–Trinajstić information content (AvgIpc) is 2.45. The Morgan fingerprint density at radius 1 is 1.10 bits per heavy atom. The van der Waals surface area contributed by atoms with Crippen molar-refractivity contribution in [3.05, 3.63) is 53.5 Å². The Morgan fingerprint density at radius 3 is 2.38 bits per heavy atom. The third kappa shape index (κ3) is 4.03. The highest BCUT2D eigenvalue weighted by atomic mass is 15.0. The number of aromatic nitrogens is 2. The molecule has 0 amide bonds. The van der Waals surface area contributed by atoms with Crippen LogP contribution in [-0.2, 0) is 5.41 Å². The van der Waals surface area contributed by atoms with E-state index in [9.17, 15) is 0 Å². The Bertz CT molecular complexity index is 589. The summed E-state index contributed by atoms with van der Waals surface area (Å²) < 4.78 is 0. The molecule has 3 heteroatoms. The van der Waals surface area contributed by atoms with Crippen molar-refractivity contribution in [1.29, 1.82) is 0 Å². The van der Waals surface area contributed by atoms with Crippen LogP contribution in [0, 0.1) is 6.92 Å². The second-order valence-electron chi connectivity index (χ2n) is 6.51. The van der Waals surface area contributed by atoms with Gasteiger partial charge in [0.25, 0.3) is 0 Å². The lowest BCUT2D eigenvalue weighted by Gasteiger charge is -2.26. The van der Waals surface area contributed by atoms with Gasteiger partial charge in [0.05, 0.1) is 0 Å². The van der Waals surface area contributed by atoms with Crippen molar-refractivity contribution in [3.8, 4) is 0 Å². The second-order valence-corrected chi connectivity index (χ2v) is 6.51. The predicted octanol–water partition coefficient (Wildman–Crippen LogP) is 4.30. The van der Waals surface area contributed by atoms with E-state index in [1.807, 2.05) is 13.0 Å².